The van der Waals surface area contributed by atoms with E-state index in [9.17, 15) is 4.79 Å². The summed E-state index contributed by atoms with van der Waals surface area (Å²) in [7, 11) is 0. The molecule has 1 N–H and O–H groups in total. The van der Waals surface area contributed by atoms with E-state index >= 15 is 0 Å². The first-order valence-electron chi connectivity index (χ1n) is 6.23. The van der Waals surface area contributed by atoms with Gasteiger partial charge in [-0.1, -0.05) is 23.7 Å². The second-order valence-electron chi connectivity index (χ2n) is 4.39. The lowest BCUT2D eigenvalue weighted by Crippen LogP contribution is -2.29. The molecule has 0 fully saturated rings. The summed E-state index contributed by atoms with van der Waals surface area (Å²) in [5.74, 6) is 0.354. The standard InChI is InChI=1S/C13H15ClN4O2/c1-4-10(11-7(2)18-20-8(11)3)17-13(19)12-9(14)5-15-6-16-12/h5-6,10H,4H2,1-3H3,(H,17,19). The summed E-state index contributed by atoms with van der Waals surface area (Å²) in [4.78, 5) is 19.9. The van der Waals surface area contributed by atoms with Gasteiger partial charge in [0.2, 0.25) is 0 Å². The van der Waals surface area contributed by atoms with Gasteiger partial charge < -0.3 is 9.84 Å². The summed E-state index contributed by atoms with van der Waals surface area (Å²) >= 11 is 5.92. The Balaban J connectivity index is 2.24. The Labute approximate surface area is 121 Å². The molecule has 0 saturated carbocycles. The molecule has 7 heteroatoms. The molecule has 106 valence electrons. The third kappa shape index (κ3) is 2.80. The summed E-state index contributed by atoms with van der Waals surface area (Å²) in [6, 6.07) is -0.195. The second-order valence-corrected chi connectivity index (χ2v) is 4.80. The van der Waals surface area contributed by atoms with Crippen LogP contribution >= 0.6 is 11.6 Å². The molecular formula is C13H15ClN4O2. The van der Waals surface area contributed by atoms with E-state index in [2.05, 4.69) is 20.4 Å². The van der Waals surface area contributed by atoms with Gasteiger partial charge in [-0.05, 0) is 20.3 Å². The maximum absolute atomic E-state index is 12.2. The van der Waals surface area contributed by atoms with Crippen molar-refractivity contribution in [3.8, 4) is 0 Å². The highest BCUT2D eigenvalue weighted by Crippen LogP contribution is 2.24. The van der Waals surface area contributed by atoms with Gasteiger partial charge >= 0.3 is 0 Å². The van der Waals surface area contributed by atoms with Crippen molar-refractivity contribution in [2.75, 3.05) is 0 Å². The fourth-order valence-electron chi connectivity index (χ4n) is 2.07. The van der Waals surface area contributed by atoms with Crippen LogP contribution in [0.15, 0.2) is 17.0 Å². The van der Waals surface area contributed by atoms with Crippen molar-refractivity contribution in [1.29, 1.82) is 0 Å². The van der Waals surface area contributed by atoms with Crippen LogP contribution in [0.5, 0.6) is 0 Å². The first-order chi connectivity index (χ1) is 9.54. The van der Waals surface area contributed by atoms with Gasteiger partial charge in [-0.25, -0.2) is 9.97 Å². The molecule has 1 unspecified atom stereocenters. The van der Waals surface area contributed by atoms with Crippen LogP contribution in [-0.4, -0.2) is 21.0 Å². The monoisotopic (exact) mass is 294 g/mol. The summed E-state index contributed by atoms with van der Waals surface area (Å²) in [5, 5.41) is 7.02. The number of rotatable bonds is 4. The van der Waals surface area contributed by atoms with Crippen LogP contribution in [0.3, 0.4) is 0 Å². The molecule has 2 heterocycles. The van der Waals surface area contributed by atoms with Crippen LogP contribution in [0.4, 0.5) is 0 Å². The van der Waals surface area contributed by atoms with E-state index in [0.29, 0.717) is 12.2 Å². The molecule has 0 saturated heterocycles. The number of carbonyl (C=O) groups excluding carboxylic acids is 1. The topological polar surface area (TPSA) is 80.9 Å². The van der Waals surface area contributed by atoms with E-state index in [0.717, 1.165) is 11.3 Å². The molecule has 0 spiro atoms. The van der Waals surface area contributed by atoms with Crippen LogP contribution in [-0.2, 0) is 0 Å². The number of halogens is 1. The largest absolute Gasteiger partial charge is 0.361 e. The summed E-state index contributed by atoms with van der Waals surface area (Å²) in [6.07, 6.45) is 3.38. The number of aromatic nitrogens is 3. The maximum atomic E-state index is 12.2. The lowest BCUT2D eigenvalue weighted by molar-refractivity contribution is 0.0930. The van der Waals surface area contributed by atoms with Crippen molar-refractivity contribution in [2.24, 2.45) is 0 Å². The first kappa shape index (κ1) is 14.5. The van der Waals surface area contributed by atoms with Crippen LogP contribution in [0.2, 0.25) is 5.02 Å². The zero-order valence-electron chi connectivity index (χ0n) is 11.5. The zero-order chi connectivity index (χ0) is 14.7. The number of aryl methyl sites for hydroxylation is 2. The van der Waals surface area contributed by atoms with E-state index in [-0.39, 0.29) is 22.7 Å². The summed E-state index contributed by atoms with van der Waals surface area (Å²) < 4.78 is 5.14. The van der Waals surface area contributed by atoms with Gasteiger partial charge in [0.15, 0.2) is 0 Å². The molecule has 2 aromatic heterocycles. The zero-order valence-corrected chi connectivity index (χ0v) is 12.2. The highest BCUT2D eigenvalue weighted by atomic mass is 35.5. The highest BCUT2D eigenvalue weighted by molar-refractivity contribution is 6.33. The predicted molar refractivity (Wildman–Crippen MR) is 73.5 cm³/mol. The minimum Gasteiger partial charge on any atom is -0.361 e. The Morgan fingerprint density at radius 3 is 2.80 bits per heavy atom. The Kier molecular flexibility index (Phi) is 4.34. The summed E-state index contributed by atoms with van der Waals surface area (Å²) in [5.41, 5.74) is 1.82. The predicted octanol–water partition coefficient (Wildman–Crippen LogP) is 2.62. The average molecular weight is 295 g/mol. The van der Waals surface area contributed by atoms with Crippen molar-refractivity contribution in [3.63, 3.8) is 0 Å². The van der Waals surface area contributed by atoms with Crippen LogP contribution in [0.1, 0.15) is 46.9 Å². The van der Waals surface area contributed by atoms with Crippen LogP contribution in [0.25, 0.3) is 0 Å². The van der Waals surface area contributed by atoms with Gasteiger partial charge in [0.25, 0.3) is 5.91 Å². The van der Waals surface area contributed by atoms with E-state index in [1.165, 1.54) is 12.5 Å². The number of amides is 1. The van der Waals surface area contributed by atoms with Crippen LogP contribution < -0.4 is 5.32 Å². The molecule has 0 aliphatic carbocycles. The van der Waals surface area contributed by atoms with Crippen LogP contribution in [0, 0.1) is 13.8 Å². The fraction of sp³-hybridized carbons (Fsp3) is 0.385. The second kappa shape index (κ2) is 6.00. The SMILES string of the molecule is CCC(NC(=O)c1ncncc1Cl)c1c(C)noc1C. The van der Waals surface area contributed by atoms with E-state index in [4.69, 9.17) is 16.1 Å². The Hall–Kier alpha value is -1.95. The molecule has 6 nitrogen and oxygen atoms in total. The molecule has 0 radical (unpaired) electrons. The Morgan fingerprint density at radius 2 is 2.25 bits per heavy atom. The van der Waals surface area contributed by atoms with E-state index in [1.807, 2.05) is 20.8 Å². The molecule has 0 aromatic carbocycles. The molecule has 20 heavy (non-hydrogen) atoms. The normalized spacial score (nSPS) is 12.2. The molecule has 1 amide bonds. The summed E-state index contributed by atoms with van der Waals surface area (Å²) in [6.45, 7) is 5.64. The van der Waals surface area contributed by atoms with E-state index in [1.54, 1.807) is 0 Å². The Morgan fingerprint density at radius 1 is 1.50 bits per heavy atom. The lowest BCUT2D eigenvalue weighted by Gasteiger charge is -2.16. The molecule has 0 bridgehead atoms. The highest BCUT2D eigenvalue weighted by Gasteiger charge is 2.22. The number of carbonyl (C=O) groups is 1. The Bertz CT molecular complexity index is 607. The van der Waals surface area contributed by atoms with Gasteiger partial charge in [-0.15, -0.1) is 0 Å². The van der Waals surface area contributed by atoms with Gasteiger partial charge in [-0.2, -0.15) is 0 Å². The third-order valence-electron chi connectivity index (χ3n) is 3.03. The third-order valence-corrected chi connectivity index (χ3v) is 3.31. The smallest absolute Gasteiger partial charge is 0.272 e. The van der Waals surface area contributed by atoms with E-state index < -0.39 is 0 Å². The van der Waals surface area contributed by atoms with Gasteiger partial charge in [0, 0.05) is 11.8 Å². The molecule has 0 aliphatic rings. The minimum absolute atomic E-state index is 0.159. The van der Waals surface area contributed by atoms with Gasteiger partial charge in [-0.3, -0.25) is 4.79 Å². The van der Waals surface area contributed by atoms with Crippen molar-refractivity contribution < 1.29 is 9.32 Å². The number of nitrogens with one attached hydrogen (secondary N) is 1. The number of hydrogen-bond acceptors (Lipinski definition) is 5. The maximum Gasteiger partial charge on any atom is 0.272 e. The number of nitrogens with zero attached hydrogens (tertiary/aromatic N) is 3. The van der Waals surface area contributed by atoms with Gasteiger partial charge in [0.1, 0.15) is 17.8 Å². The molecular weight excluding hydrogens is 280 g/mol. The lowest BCUT2D eigenvalue weighted by atomic mass is 10.0. The molecule has 0 aliphatic heterocycles. The molecule has 2 aromatic rings. The van der Waals surface area contributed by atoms with Crippen molar-refractivity contribution in [1.82, 2.24) is 20.4 Å². The van der Waals surface area contributed by atoms with Gasteiger partial charge in [0.05, 0.1) is 16.8 Å². The van der Waals surface area contributed by atoms with Crippen molar-refractivity contribution in [2.45, 2.75) is 33.2 Å². The quantitative estimate of drug-likeness (QED) is 0.937. The fourth-order valence-corrected chi connectivity index (χ4v) is 2.26. The average Bonchev–Trinajstić information content (AvgIpc) is 2.76. The van der Waals surface area contributed by atoms with Crippen molar-refractivity contribution >= 4 is 17.5 Å². The minimum atomic E-state index is -0.343. The molecule has 1 atom stereocenters. The number of hydrogen-bond donors (Lipinski definition) is 1. The first-order valence-corrected chi connectivity index (χ1v) is 6.61. The van der Waals surface area contributed by atoms with Crippen molar-refractivity contribution in [3.05, 3.63) is 40.3 Å². The molecule has 2 rings (SSSR count).